The van der Waals surface area contributed by atoms with E-state index in [4.69, 9.17) is 11.6 Å². The molecule has 0 fully saturated rings. The minimum atomic E-state index is -3.81. The van der Waals surface area contributed by atoms with Crippen molar-refractivity contribution < 1.29 is 18.0 Å². The van der Waals surface area contributed by atoms with E-state index in [1.165, 1.54) is 31.2 Å². The maximum atomic E-state index is 12.6. The Bertz CT molecular complexity index is 1210. The van der Waals surface area contributed by atoms with Crippen LogP contribution in [0.3, 0.4) is 0 Å². The van der Waals surface area contributed by atoms with Gasteiger partial charge in [0.15, 0.2) is 5.78 Å². The van der Waals surface area contributed by atoms with E-state index in [1.807, 2.05) is 7.05 Å². The third-order valence-electron chi connectivity index (χ3n) is 4.84. The number of nitrogens with one attached hydrogen (secondary N) is 2. The summed E-state index contributed by atoms with van der Waals surface area (Å²) >= 11 is 5.97. The number of sulfonamides is 1. The Morgan fingerprint density at radius 2 is 1.75 bits per heavy atom. The van der Waals surface area contributed by atoms with Gasteiger partial charge in [-0.3, -0.25) is 9.59 Å². The molecule has 168 valence electrons. The average Bonchev–Trinajstić information content (AvgIpc) is 3.18. The number of hydrogen-bond donors (Lipinski definition) is 2. The number of benzene rings is 2. The zero-order chi connectivity index (χ0) is 23.3. The third-order valence-corrected chi connectivity index (χ3v) is 6.57. The molecule has 3 aromatic rings. The number of hydrogen-bond acceptors (Lipinski definition) is 5. The summed E-state index contributed by atoms with van der Waals surface area (Å²) in [5.74, 6) is 0.135. The first-order chi connectivity index (χ1) is 15.2. The fourth-order valence-electron chi connectivity index (χ4n) is 3.09. The minimum Gasteiger partial charge on any atom is -0.342 e. The molecule has 0 bridgehead atoms. The summed E-state index contributed by atoms with van der Waals surface area (Å²) in [5.41, 5.74) is 1.22. The second kappa shape index (κ2) is 10.1. The van der Waals surface area contributed by atoms with Gasteiger partial charge in [0, 0.05) is 43.0 Å². The summed E-state index contributed by atoms with van der Waals surface area (Å²) in [6.45, 7) is 1.32. The number of halogens is 1. The fourth-order valence-corrected chi connectivity index (χ4v) is 4.25. The lowest BCUT2D eigenvalue weighted by molar-refractivity contribution is -0.121. The van der Waals surface area contributed by atoms with E-state index in [0.717, 1.165) is 5.56 Å². The largest absolute Gasteiger partial charge is 0.342 e. The molecule has 1 amide bonds. The number of rotatable bonds is 9. The van der Waals surface area contributed by atoms with E-state index in [1.54, 1.807) is 41.2 Å². The van der Waals surface area contributed by atoms with Crippen LogP contribution in [0.15, 0.2) is 65.8 Å². The lowest BCUT2D eigenvalue weighted by Gasteiger charge is -2.19. The van der Waals surface area contributed by atoms with Crippen molar-refractivity contribution in [3.8, 4) is 0 Å². The lowest BCUT2D eigenvalue weighted by Crippen LogP contribution is -2.34. The quantitative estimate of drug-likeness (QED) is 0.463. The summed E-state index contributed by atoms with van der Waals surface area (Å²) in [6, 6.07) is 12.2. The normalized spacial score (nSPS) is 12.3. The van der Waals surface area contributed by atoms with Crippen LogP contribution < -0.4 is 10.0 Å². The van der Waals surface area contributed by atoms with Crippen molar-refractivity contribution in [1.29, 1.82) is 0 Å². The van der Waals surface area contributed by atoms with Gasteiger partial charge in [-0.2, -0.15) is 0 Å². The van der Waals surface area contributed by atoms with Gasteiger partial charge < -0.3 is 9.88 Å². The molecule has 0 saturated carbocycles. The highest BCUT2D eigenvalue weighted by Crippen LogP contribution is 2.22. The maximum Gasteiger partial charge on any atom is 0.240 e. The van der Waals surface area contributed by atoms with Crippen molar-refractivity contribution >= 4 is 33.3 Å². The standard InChI is InChI=1S/C22H23ClN4O4S/c1-15(28)16-5-9-19(10-6-16)32(30,31)25-12-11-20(29)26-21(22-24-13-14-27(22)2)17-3-7-18(23)8-4-17/h3-10,13-14,21,25H,11-12H2,1-2H3,(H,26,29)/t21-/m0/s1. The second-order valence-corrected chi connectivity index (χ2v) is 9.38. The van der Waals surface area contributed by atoms with E-state index in [9.17, 15) is 18.0 Å². The summed E-state index contributed by atoms with van der Waals surface area (Å²) in [6.07, 6.45) is 3.34. The molecular weight excluding hydrogens is 452 g/mol. The number of imidazole rings is 1. The zero-order valence-electron chi connectivity index (χ0n) is 17.6. The summed E-state index contributed by atoms with van der Waals surface area (Å²) in [7, 11) is -1.98. The Balaban J connectivity index is 1.64. The van der Waals surface area contributed by atoms with Crippen LogP contribution >= 0.6 is 11.6 Å². The van der Waals surface area contributed by atoms with Crippen LogP contribution in [-0.2, 0) is 21.9 Å². The van der Waals surface area contributed by atoms with E-state index in [2.05, 4.69) is 15.0 Å². The number of nitrogens with zero attached hydrogens (tertiary/aromatic N) is 2. The highest BCUT2D eigenvalue weighted by Gasteiger charge is 2.21. The van der Waals surface area contributed by atoms with Crippen LogP contribution in [0.2, 0.25) is 5.02 Å². The van der Waals surface area contributed by atoms with Crippen LogP contribution in [-0.4, -0.2) is 36.2 Å². The van der Waals surface area contributed by atoms with E-state index in [0.29, 0.717) is 16.4 Å². The molecule has 1 heterocycles. The molecule has 2 aromatic carbocycles. The summed E-state index contributed by atoms with van der Waals surface area (Å²) in [4.78, 5) is 28.3. The van der Waals surface area contributed by atoms with Crippen LogP contribution in [0.5, 0.6) is 0 Å². The Morgan fingerprint density at radius 3 is 2.31 bits per heavy atom. The van der Waals surface area contributed by atoms with Gasteiger partial charge in [0.1, 0.15) is 11.9 Å². The van der Waals surface area contributed by atoms with Crippen LogP contribution in [0.25, 0.3) is 0 Å². The second-order valence-electron chi connectivity index (χ2n) is 7.18. The van der Waals surface area contributed by atoms with Crippen molar-refractivity contribution in [3.05, 3.63) is 82.9 Å². The topological polar surface area (TPSA) is 110 Å². The minimum absolute atomic E-state index is 0.0231. The molecule has 0 saturated heterocycles. The first-order valence-corrected chi connectivity index (χ1v) is 11.7. The maximum absolute atomic E-state index is 12.6. The first-order valence-electron chi connectivity index (χ1n) is 9.80. The monoisotopic (exact) mass is 474 g/mol. The van der Waals surface area contributed by atoms with Gasteiger partial charge in [0.2, 0.25) is 15.9 Å². The highest BCUT2D eigenvalue weighted by atomic mass is 35.5. The van der Waals surface area contributed by atoms with Crippen molar-refractivity contribution in [2.45, 2.75) is 24.3 Å². The number of amides is 1. The van der Waals surface area contributed by atoms with Gasteiger partial charge in [0.05, 0.1) is 4.90 Å². The first kappa shape index (κ1) is 23.6. The summed E-state index contributed by atoms with van der Waals surface area (Å²) < 4.78 is 29.1. The molecule has 0 radical (unpaired) electrons. The molecular formula is C22H23ClN4O4S. The average molecular weight is 475 g/mol. The predicted octanol–water partition coefficient (Wildman–Crippen LogP) is 2.85. The van der Waals surface area contributed by atoms with Gasteiger partial charge >= 0.3 is 0 Å². The van der Waals surface area contributed by atoms with Crippen molar-refractivity contribution in [1.82, 2.24) is 19.6 Å². The molecule has 0 aliphatic heterocycles. The van der Waals surface area contributed by atoms with Gasteiger partial charge in [-0.15, -0.1) is 0 Å². The molecule has 3 rings (SSSR count). The fraction of sp³-hybridized carbons (Fsp3) is 0.227. The predicted molar refractivity (Wildman–Crippen MR) is 121 cm³/mol. The van der Waals surface area contributed by atoms with Gasteiger partial charge in [-0.25, -0.2) is 18.1 Å². The molecule has 8 nitrogen and oxygen atoms in total. The summed E-state index contributed by atoms with van der Waals surface area (Å²) in [5, 5.41) is 3.48. The molecule has 0 spiro atoms. The van der Waals surface area contributed by atoms with E-state index < -0.39 is 16.1 Å². The van der Waals surface area contributed by atoms with Crippen LogP contribution in [0.1, 0.15) is 41.1 Å². The molecule has 2 N–H and O–H groups in total. The SMILES string of the molecule is CC(=O)c1ccc(S(=O)(=O)NCCC(=O)N[C@@H](c2ccc(Cl)cc2)c2nccn2C)cc1. The van der Waals surface area contributed by atoms with Gasteiger partial charge in [-0.1, -0.05) is 35.9 Å². The van der Waals surface area contributed by atoms with E-state index in [-0.39, 0.29) is 29.6 Å². The molecule has 0 aliphatic carbocycles. The van der Waals surface area contributed by atoms with Gasteiger partial charge in [-0.05, 0) is 36.8 Å². The molecule has 0 aliphatic rings. The molecule has 32 heavy (non-hydrogen) atoms. The lowest BCUT2D eigenvalue weighted by atomic mass is 10.1. The molecule has 10 heteroatoms. The Labute approximate surface area is 191 Å². The number of ketones is 1. The van der Waals surface area contributed by atoms with Crippen molar-refractivity contribution in [3.63, 3.8) is 0 Å². The van der Waals surface area contributed by atoms with E-state index >= 15 is 0 Å². The van der Waals surface area contributed by atoms with Crippen LogP contribution in [0.4, 0.5) is 0 Å². The molecule has 0 unspecified atom stereocenters. The third kappa shape index (κ3) is 5.82. The number of carbonyl (C=O) groups is 2. The highest BCUT2D eigenvalue weighted by molar-refractivity contribution is 7.89. The van der Waals surface area contributed by atoms with Crippen molar-refractivity contribution in [2.24, 2.45) is 7.05 Å². The Kier molecular flexibility index (Phi) is 7.44. The number of aromatic nitrogens is 2. The number of Topliss-reactive ketones (excluding diaryl/α,β-unsaturated/α-hetero) is 1. The number of aryl methyl sites for hydroxylation is 1. The van der Waals surface area contributed by atoms with Crippen molar-refractivity contribution in [2.75, 3.05) is 6.54 Å². The smallest absolute Gasteiger partial charge is 0.240 e. The van der Waals surface area contributed by atoms with Gasteiger partial charge in [0.25, 0.3) is 0 Å². The Morgan fingerprint density at radius 1 is 1.09 bits per heavy atom. The number of carbonyl (C=O) groups excluding carboxylic acids is 2. The van der Waals surface area contributed by atoms with Crippen LogP contribution in [0, 0.1) is 0 Å². The molecule has 1 aromatic heterocycles. The Hall–Kier alpha value is -3.01. The molecule has 1 atom stereocenters. The zero-order valence-corrected chi connectivity index (χ0v) is 19.2.